The van der Waals surface area contributed by atoms with Crippen molar-refractivity contribution in [3.8, 4) is 0 Å². The molecule has 0 aliphatic carbocycles. The fourth-order valence-electron chi connectivity index (χ4n) is 1.99. The molecule has 0 bridgehead atoms. The van der Waals surface area contributed by atoms with Crippen molar-refractivity contribution in [3.63, 3.8) is 0 Å². The van der Waals surface area contributed by atoms with Gasteiger partial charge in [-0.3, -0.25) is 9.59 Å². The zero-order valence-corrected chi connectivity index (χ0v) is 9.40. The van der Waals surface area contributed by atoms with E-state index in [-0.39, 0.29) is 31.0 Å². The van der Waals surface area contributed by atoms with Crippen LogP contribution >= 0.6 is 0 Å². The van der Waals surface area contributed by atoms with Crippen LogP contribution in [0, 0.1) is 17.6 Å². The van der Waals surface area contributed by atoms with Gasteiger partial charge in [-0.15, -0.1) is 0 Å². The predicted molar refractivity (Wildman–Crippen MR) is 59.1 cm³/mol. The third-order valence-corrected chi connectivity index (χ3v) is 2.92. The summed E-state index contributed by atoms with van der Waals surface area (Å²) in [5.74, 6) is -3.62. The van der Waals surface area contributed by atoms with Crippen LogP contribution in [0.4, 0.5) is 14.5 Å². The number of halogens is 2. The van der Waals surface area contributed by atoms with Crippen LogP contribution in [0.15, 0.2) is 18.2 Å². The molecule has 0 saturated carbocycles. The number of carbonyl (C=O) groups is 2. The molecule has 1 amide bonds. The average Bonchev–Trinajstić information content (AvgIpc) is 2.27. The Kier molecular flexibility index (Phi) is 3.27. The lowest BCUT2D eigenvalue weighted by Crippen LogP contribution is -2.42. The van der Waals surface area contributed by atoms with Crippen molar-refractivity contribution in [1.82, 2.24) is 0 Å². The zero-order valence-electron chi connectivity index (χ0n) is 9.40. The third kappa shape index (κ3) is 2.47. The second kappa shape index (κ2) is 4.72. The Hall–Kier alpha value is -1.98. The fourth-order valence-corrected chi connectivity index (χ4v) is 1.99. The van der Waals surface area contributed by atoms with Crippen molar-refractivity contribution in [2.75, 3.05) is 11.4 Å². The standard InChI is InChI=1S/C12H11F2NO3/c13-8-3-9(14)5-10(4-8)15-6-7(12(17)18)1-2-11(15)16/h3-5,7H,1-2,6H2,(H,17,18). The van der Waals surface area contributed by atoms with Gasteiger partial charge in [0.25, 0.3) is 0 Å². The minimum atomic E-state index is -1.01. The maximum Gasteiger partial charge on any atom is 0.308 e. The van der Waals surface area contributed by atoms with Gasteiger partial charge in [0, 0.05) is 24.7 Å². The lowest BCUT2D eigenvalue weighted by Gasteiger charge is -2.30. The molecule has 1 heterocycles. The fraction of sp³-hybridized carbons (Fsp3) is 0.333. The van der Waals surface area contributed by atoms with Gasteiger partial charge in [-0.1, -0.05) is 0 Å². The van der Waals surface area contributed by atoms with Gasteiger partial charge in [0.05, 0.1) is 5.92 Å². The third-order valence-electron chi connectivity index (χ3n) is 2.92. The first-order valence-electron chi connectivity index (χ1n) is 5.46. The average molecular weight is 255 g/mol. The molecule has 1 N–H and O–H groups in total. The van der Waals surface area contributed by atoms with Crippen LogP contribution < -0.4 is 4.90 Å². The predicted octanol–water partition coefficient (Wildman–Crippen LogP) is 1.79. The van der Waals surface area contributed by atoms with Gasteiger partial charge in [-0.2, -0.15) is 0 Å². The number of benzene rings is 1. The summed E-state index contributed by atoms with van der Waals surface area (Å²) in [7, 11) is 0. The Bertz CT molecular complexity index is 484. The van der Waals surface area contributed by atoms with Crippen molar-refractivity contribution in [3.05, 3.63) is 29.8 Å². The van der Waals surface area contributed by atoms with Crippen LogP contribution in [0.2, 0.25) is 0 Å². The molecule has 0 aromatic heterocycles. The normalized spacial score (nSPS) is 20.0. The summed E-state index contributed by atoms with van der Waals surface area (Å²) in [6, 6.07) is 2.74. The van der Waals surface area contributed by atoms with E-state index in [1.165, 1.54) is 0 Å². The first-order valence-corrected chi connectivity index (χ1v) is 5.46. The Balaban J connectivity index is 2.29. The van der Waals surface area contributed by atoms with Crippen molar-refractivity contribution in [2.45, 2.75) is 12.8 Å². The van der Waals surface area contributed by atoms with E-state index in [0.717, 1.165) is 17.0 Å². The van der Waals surface area contributed by atoms with Gasteiger partial charge in [-0.25, -0.2) is 8.78 Å². The quantitative estimate of drug-likeness (QED) is 0.876. The summed E-state index contributed by atoms with van der Waals surface area (Å²) in [5.41, 5.74) is 0.0588. The summed E-state index contributed by atoms with van der Waals surface area (Å²) >= 11 is 0. The van der Waals surface area contributed by atoms with Crippen LogP contribution in [-0.4, -0.2) is 23.5 Å². The number of anilines is 1. The van der Waals surface area contributed by atoms with Crippen LogP contribution in [0.5, 0.6) is 0 Å². The molecular weight excluding hydrogens is 244 g/mol. The highest BCUT2D eigenvalue weighted by Gasteiger charge is 2.31. The highest BCUT2D eigenvalue weighted by molar-refractivity contribution is 5.95. The first kappa shape index (κ1) is 12.5. The molecule has 4 nitrogen and oxygen atoms in total. The minimum absolute atomic E-state index is 0.0585. The molecule has 1 aliphatic rings. The van der Waals surface area contributed by atoms with Gasteiger partial charge >= 0.3 is 5.97 Å². The topological polar surface area (TPSA) is 57.6 Å². The number of carboxylic acid groups (broad SMARTS) is 1. The Labute approximate surface area is 102 Å². The van der Waals surface area contributed by atoms with E-state index in [1.807, 2.05) is 0 Å². The van der Waals surface area contributed by atoms with Gasteiger partial charge < -0.3 is 10.0 Å². The van der Waals surface area contributed by atoms with Crippen LogP contribution in [-0.2, 0) is 9.59 Å². The molecular formula is C12H11F2NO3. The van der Waals surface area contributed by atoms with E-state index in [9.17, 15) is 18.4 Å². The zero-order chi connectivity index (χ0) is 13.3. The summed E-state index contributed by atoms with van der Waals surface area (Å²) < 4.78 is 26.1. The maximum absolute atomic E-state index is 13.1. The minimum Gasteiger partial charge on any atom is -0.481 e. The van der Waals surface area contributed by atoms with Crippen molar-refractivity contribution < 1.29 is 23.5 Å². The first-order chi connectivity index (χ1) is 8.47. The number of piperidine rings is 1. The summed E-state index contributed by atoms with van der Waals surface area (Å²) in [6.45, 7) is -0.0585. The van der Waals surface area contributed by atoms with E-state index >= 15 is 0 Å². The van der Waals surface area contributed by atoms with Crippen LogP contribution in [0.25, 0.3) is 0 Å². The Morgan fingerprint density at radius 1 is 1.28 bits per heavy atom. The lowest BCUT2D eigenvalue weighted by molar-refractivity contribution is -0.142. The molecule has 1 aromatic rings. The number of hydrogen-bond acceptors (Lipinski definition) is 2. The molecule has 2 rings (SSSR count). The number of nitrogens with zero attached hydrogens (tertiary/aromatic N) is 1. The summed E-state index contributed by atoms with van der Waals surface area (Å²) in [5, 5.41) is 8.91. The van der Waals surface area contributed by atoms with Crippen LogP contribution in [0.3, 0.4) is 0 Å². The molecule has 18 heavy (non-hydrogen) atoms. The summed E-state index contributed by atoms with van der Waals surface area (Å²) in [4.78, 5) is 23.7. The highest BCUT2D eigenvalue weighted by Crippen LogP contribution is 2.25. The van der Waals surface area contributed by atoms with E-state index in [4.69, 9.17) is 5.11 Å². The Morgan fingerprint density at radius 2 is 1.89 bits per heavy atom. The smallest absolute Gasteiger partial charge is 0.308 e. The molecule has 6 heteroatoms. The SMILES string of the molecule is O=C(O)C1CCC(=O)N(c2cc(F)cc(F)c2)C1. The highest BCUT2D eigenvalue weighted by atomic mass is 19.1. The molecule has 0 radical (unpaired) electrons. The number of carbonyl (C=O) groups excluding carboxylic acids is 1. The molecule has 0 spiro atoms. The number of aliphatic carboxylic acids is 1. The monoisotopic (exact) mass is 255 g/mol. The number of rotatable bonds is 2. The number of hydrogen-bond donors (Lipinski definition) is 1. The molecule has 1 atom stereocenters. The van der Waals surface area contributed by atoms with Gasteiger partial charge in [0.1, 0.15) is 11.6 Å². The van der Waals surface area contributed by atoms with E-state index in [2.05, 4.69) is 0 Å². The molecule has 1 aromatic carbocycles. The van der Waals surface area contributed by atoms with Crippen molar-refractivity contribution >= 4 is 17.6 Å². The van der Waals surface area contributed by atoms with Crippen molar-refractivity contribution in [2.24, 2.45) is 5.92 Å². The van der Waals surface area contributed by atoms with Crippen LogP contribution in [0.1, 0.15) is 12.8 Å². The molecule has 1 saturated heterocycles. The number of amides is 1. The van der Waals surface area contributed by atoms with E-state index < -0.39 is 23.5 Å². The van der Waals surface area contributed by atoms with Gasteiger partial charge in [-0.05, 0) is 18.6 Å². The number of carboxylic acids is 1. The van der Waals surface area contributed by atoms with Gasteiger partial charge in [0.2, 0.25) is 5.91 Å². The molecule has 1 unspecified atom stereocenters. The second-order valence-electron chi connectivity index (χ2n) is 4.21. The molecule has 1 fully saturated rings. The molecule has 1 aliphatic heterocycles. The molecule has 96 valence electrons. The van der Waals surface area contributed by atoms with Gasteiger partial charge in [0.15, 0.2) is 0 Å². The summed E-state index contributed by atoms with van der Waals surface area (Å²) in [6.07, 6.45) is 0.317. The largest absolute Gasteiger partial charge is 0.481 e. The Morgan fingerprint density at radius 3 is 2.44 bits per heavy atom. The van der Waals surface area contributed by atoms with E-state index in [0.29, 0.717) is 6.07 Å². The maximum atomic E-state index is 13.1. The van der Waals surface area contributed by atoms with Crippen molar-refractivity contribution in [1.29, 1.82) is 0 Å². The lowest BCUT2D eigenvalue weighted by atomic mass is 9.97. The second-order valence-corrected chi connectivity index (χ2v) is 4.21. The van der Waals surface area contributed by atoms with E-state index in [1.54, 1.807) is 0 Å².